The lowest BCUT2D eigenvalue weighted by molar-refractivity contribution is -0.142. The maximum atomic E-state index is 14.7. The van der Waals surface area contributed by atoms with Crippen molar-refractivity contribution in [2.24, 2.45) is 0 Å². The van der Waals surface area contributed by atoms with E-state index in [0.717, 1.165) is 6.92 Å². The summed E-state index contributed by atoms with van der Waals surface area (Å²) in [5, 5.41) is 16.8. The third-order valence-electron chi connectivity index (χ3n) is 5.96. The summed E-state index contributed by atoms with van der Waals surface area (Å²) in [6.45, 7) is 2.59. The second-order valence-corrected chi connectivity index (χ2v) is 11.0. The lowest BCUT2D eigenvalue weighted by Crippen LogP contribution is -2.30. The summed E-state index contributed by atoms with van der Waals surface area (Å²) in [7, 11) is -3.11. The van der Waals surface area contributed by atoms with Gasteiger partial charge in [-0.1, -0.05) is 6.07 Å². The van der Waals surface area contributed by atoms with Crippen molar-refractivity contribution in [3.63, 3.8) is 0 Å². The fraction of sp³-hybridized carbons (Fsp3) is 0.348. The number of carbonyl (C=O) groups is 1. The monoisotopic (exact) mass is 538 g/mol. The smallest absolute Gasteiger partial charge is 0.416 e. The van der Waals surface area contributed by atoms with Crippen LogP contribution in [0.2, 0.25) is 0 Å². The summed E-state index contributed by atoms with van der Waals surface area (Å²) in [4.78, 5) is 13.3. The van der Waals surface area contributed by atoms with E-state index in [4.69, 9.17) is 9.52 Å². The van der Waals surface area contributed by atoms with Crippen molar-refractivity contribution in [2.75, 3.05) is 11.6 Å². The Morgan fingerprint density at radius 2 is 1.78 bits per heavy atom. The van der Waals surface area contributed by atoms with Crippen LogP contribution in [0.15, 0.2) is 35.2 Å². The van der Waals surface area contributed by atoms with Crippen LogP contribution in [0.1, 0.15) is 52.1 Å². The Morgan fingerprint density at radius 1 is 1.11 bits per heavy atom. The molecule has 1 aromatic carbocycles. The zero-order chi connectivity index (χ0) is 27.2. The van der Waals surface area contributed by atoms with E-state index in [-0.39, 0.29) is 22.2 Å². The third kappa shape index (κ3) is 5.38. The molecule has 3 aromatic rings. The SMILES string of the molecule is Cc1cc(C2(F)CCC2)nnc1Oc1nnc(C(F)(F)F)c(C)c1C(=O)Nc1cccc(S(C)(=N)=O)c1. The van der Waals surface area contributed by atoms with E-state index in [2.05, 4.69) is 25.7 Å². The van der Waals surface area contributed by atoms with E-state index in [1.54, 1.807) is 6.92 Å². The van der Waals surface area contributed by atoms with Crippen molar-refractivity contribution in [3.8, 4) is 11.8 Å². The van der Waals surface area contributed by atoms with E-state index >= 15 is 0 Å². The quantitative estimate of drug-likeness (QED) is 0.406. The Kier molecular flexibility index (Phi) is 6.65. The minimum Gasteiger partial charge on any atom is -0.416 e. The molecule has 2 N–H and O–H groups in total. The lowest BCUT2D eigenvalue weighted by Gasteiger charge is -2.32. The first kappa shape index (κ1) is 26.4. The number of aromatic nitrogens is 4. The molecule has 1 aliphatic carbocycles. The van der Waals surface area contributed by atoms with Gasteiger partial charge in [0.05, 0.1) is 9.73 Å². The summed E-state index contributed by atoms with van der Waals surface area (Å²) in [5.41, 5.74) is -3.54. The molecular formula is C23H22F4N6O3S. The van der Waals surface area contributed by atoms with E-state index in [1.165, 1.54) is 36.6 Å². The Hall–Kier alpha value is -3.68. The molecule has 37 heavy (non-hydrogen) atoms. The van der Waals surface area contributed by atoms with Crippen LogP contribution in [0.4, 0.5) is 23.2 Å². The largest absolute Gasteiger partial charge is 0.435 e. The first-order valence-electron chi connectivity index (χ1n) is 11.0. The fourth-order valence-electron chi connectivity index (χ4n) is 3.75. The van der Waals surface area contributed by atoms with Crippen LogP contribution in [-0.2, 0) is 21.6 Å². The number of aryl methyl sites for hydroxylation is 1. The van der Waals surface area contributed by atoms with Crippen molar-refractivity contribution in [2.45, 2.75) is 49.9 Å². The average Bonchev–Trinajstić information content (AvgIpc) is 2.77. The second kappa shape index (κ2) is 9.32. The van der Waals surface area contributed by atoms with Crippen LogP contribution < -0.4 is 10.1 Å². The molecule has 1 amide bonds. The Labute approximate surface area is 209 Å². The molecule has 0 aliphatic heterocycles. The van der Waals surface area contributed by atoms with Crippen molar-refractivity contribution >= 4 is 21.3 Å². The number of hydrogen-bond donors (Lipinski definition) is 2. The number of amides is 1. The van der Waals surface area contributed by atoms with Gasteiger partial charge in [-0.2, -0.15) is 13.2 Å². The molecule has 1 fully saturated rings. The number of alkyl halides is 4. The molecule has 2 heterocycles. The van der Waals surface area contributed by atoms with Crippen LogP contribution in [-0.4, -0.2) is 36.8 Å². The number of ether oxygens (including phenoxy) is 1. The van der Waals surface area contributed by atoms with Gasteiger partial charge in [-0.25, -0.2) is 13.4 Å². The molecule has 4 rings (SSSR count). The summed E-state index contributed by atoms with van der Waals surface area (Å²) < 4.78 is 80.7. The molecule has 1 unspecified atom stereocenters. The normalized spacial score (nSPS) is 16.4. The lowest BCUT2D eigenvalue weighted by atomic mass is 9.79. The topological polar surface area (TPSA) is 131 Å². The molecule has 0 bridgehead atoms. The van der Waals surface area contributed by atoms with Gasteiger partial charge < -0.3 is 10.1 Å². The number of benzene rings is 1. The van der Waals surface area contributed by atoms with Gasteiger partial charge in [-0.05, 0) is 62.9 Å². The molecule has 1 aliphatic rings. The van der Waals surface area contributed by atoms with Gasteiger partial charge in [0.15, 0.2) is 11.4 Å². The third-order valence-corrected chi connectivity index (χ3v) is 7.11. The second-order valence-electron chi connectivity index (χ2n) is 8.82. The maximum Gasteiger partial charge on any atom is 0.435 e. The Morgan fingerprint density at radius 3 is 2.35 bits per heavy atom. The average molecular weight is 539 g/mol. The Bertz CT molecular complexity index is 1490. The molecule has 196 valence electrons. The molecule has 1 atom stereocenters. The van der Waals surface area contributed by atoms with E-state index < -0.39 is 50.2 Å². The van der Waals surface area contributed by atoms with Crippen LogP contribution in [0.25, 0.3) is 0 Å². The van der Waals surface area contributed by atoms with E-state index in [9.17, 15) is 26.6 Å². The van der Waals surface area contributed by atoms with Crippen molar-refractivity contribution in [3.05, 3.63) is 58.4 Å². The van der Waals surface area contributed by atoms with Crippen molar-refractivity contribution < 1.29 is 31.3 Å². The highest BCUT2D eigenvalue weighted by Gasteiger charge is 2.41. The number of rotatable bonds is 6. The van der Waals surface area contributed by atoms with Gasteiger partial charge in [-0.15, -0.1) is 20.4 Å². The highest BCUT2D eigenvalue weighted by Crippen LogP contribution is 2.44. The number of halogens is 4. The zero-order valence-corrected chi connectivity index (χ0v) is 20.8. The fourth-order valence-corrected chi connectivity index (χ4v) is 4.44. The minimum atomic E-state index is -4.90. The molecule has 0 radical (unpaired) electrons. The summed E-state index contributed by atoms with van der Waals surface area (Å²) in [5.74, 6) is -1.77. The van der Waals surface area contributed by atoms with Gasteiger partial charge >= 0.3 is 6.18 Å². The maximum absolute atomic E-state index is 14.7. The van der Waals surface area contributed by atoms with Gasteiger partial charge in [0.2, 0.25) is 5.88 Å². The first-order valence-corrected chi connectivity index (χ1v) is 13.0. The molecular weight excluding hydrogens is 516 g/mol. The number of carbonyl (C=O) groups excluding carboxylic acids is 1. The van der Waals surface area contributed by atoms with E-state index in [1.807, 2.05) is 0 Å². The molecule has 14 heteroatoms. The van der Waals surface area contributed by atoms with Gasteiger partial charge in [0.1, 0.15) is 11.3 Å². The summed E-state index contributed by atoms with van der Waals surface area (Å²) in [6, 6.07) is 7.00. The standard InChI is InChI=1S/C23H22F4N6O3S/c1-12-10-16(22(24)8-5-9-22)30-32-20(12)36-21-17(13(2)18(31-33-21)23(25,26)27)19(34)29-14-6-4-7-15(11-14)37(3,28)35/h4,6-7,10-11,28H,5,8-9H2,1-3H3,(H,29,34). The summed E-state index contributed by atoms with van der Waals surface area (Å²) >= 11 is 0. The highest BCUT2D eigenvalue weighted by molar-refractivity contribution is 7.91. The number of nitrogens with one attached hydrogen (secondary N) is 2. The van der Waals surface area contributed by atoms with Gasteiger partial charge in [0.25, 0.3) is 11.8 Å². The van der Waals surface area contributed by atoms with E-state index in [0.29, 0.717) is 24.8 Å². The predicted molar refractivity (Wildman–Crippen MR) is 125 cm³/mol. The number of anilines is 1. The highest BCUT2D eigenvalue weighted by atomic mass is 32.2. The van der Waals surface area contributed by atoms with Crippen LogP contribution in [0.5, 0.6) is 11.8 Å². The van der Waals surface area contributed by atoms with Gasteiger partial charge in [-0.3, -0.25) is 4.79 Å². The molecule has 0 spiro atoms. The minimum absolute atomic E-state index is 0.0918. The van der Waals surface area contributed by atoms with Crippen molar-refractivity contribution in [1.29, 1.82) is 4.78 Å². The van der Waals surface area contributed by atoms with Crippen LogP contribution >= 0.6 is 0 Å². The Balaban J connectivity index is 1.73. The molecule has 9 nitrogen and oxygen atoms in total. The van der Waals surface area contributed by atoms with Crippen molar-refractivity contribution in [1.82, 2.24) is 20.4 Å². The van der Waals surface area contributed by atoms with Gasteiger partial charge in [0, 0.05) is 22.4 Å². The molecule has 1 saturated carbocycles. The molecule has 0 saturated heterocycles. The number of hydrogen-bond acceptors (Lipinski definition) is 8. The van der Waals surface area contributed by atoms with Crippen LogP contribution in [0.3, 0.4) is 0 Å². The summed E-state index contributed by atoms with van der Waals surface area (Å²) in [6.07, 6.45) is -2.38. The first-order chi connectivity index (χ1) is 17.2. The number of nitrogens with zero attached hydrogens (tertiary/aromatic N) is 4. The van der Waals surface area contributed by atoms with Crippen LogP contribution in [0, 0.1) is 18.6 Å². The molecule has 2 aromatic heterocycles. The predicted octanol–water partition coefficient (Wildman–Crippen LogP) is 5.33. The zero-order valence-electron chi connectivity index (χ0n) is 19.9.